The van der Waals surface area contributed by atoms with E-state index in [9.17, 15) is 0 Å². The Balaban J connectivity index is 1.60. The Morgan fingerprint density at radius 2 is 2.11 bits per heavy atom. The van der Waals surface area contributed by atoms with Crippen LogP contribution in [-0.2, 0) is 0 Å². The molecule has 1 aliphatic rings. The zero-order valence-corrected chi connectivity index (χ0v) is 11.7. The van der Waals surface area contributed by atoms with Crippen molar-refractivity contribution in [2.45, 2.75) is 12.8 Å². The third-order valence-electron chi connectivity index (χ3n) is 3.20. The van der Waals surface area contributed by atoms with E-state index in [0.717, 1.165) is 23.2 Å². The van der Waals surface area contributed by atoms with Crippen LogP contribution < -0.4 is 5.32 Å². The fourth-order valence-corrected chi connectivity index (χ4v) is 2.59. The molecule has 18 heavy (non-hydrogen) atoms. The second-order valence-corrected chi connectivity index (χ2v) is 5.48. The van der Waals surface area contributed by atoms with Crippen molar-refractivity contribution in [2.75, 3.05) is 31.5 Å². The van der Waals surface area contributed by atoms with Gasteiger partial charge in [-0.05, 0) is 54.0 Å². The number of nitrogens with zero attached hydrogens (tertiary/aromatic N) is 4. The first-order chi connectivity index (χ1) is 8.81. The van der Waals surface area contributed by atoms with Crippen molar-refractivity contribution in [3.8, 4) is 0 Å². The van der Waals surface area contributed by atoms with Gasteiger partial charge in [0, 0.05) is 23.8 Å². The average molecular weight is 310 g/mol. The lowest BCUT2D eigenvalue weighted by atomic mass is 10.4. The van der Waals surface area contributed by atoms with Gasteiger partial charge in [0.05, 0.1) is 0 Å². The van der Waals surface area contributed by atoms with E-state index >= 15 is 0 Å². The second-order valence-electron chi connectivity index (χ2n) is 4.56. The van der Waals surface area contributed by atoms with Gasteiger partial charge in [-0.3, -0.25) is 0 Å². The predicted molar refractivity (Wildman–Crippen MR) is 74.9 cm³/mol. The highest BCUT2D eigenvalue weighted by molar-refractivity contribution is 9.10. The number of hydrogen-bond donors (Lipinski definition) is 1. The minimum atomic E-state index is 0.701. The smallest absolute Gasteiger partial charge is 0.243 e. The van der Waals surface area contributed by atoms with Crippen LogP contribution in [0.5, 0.6) is 0 Å². The molecule has 5 nitrogen and oxygen atoms in total. The first-order valence-electron chi connectivity index (χ1n) is 6.29. The molecule has 0 bridgehead atoms. The molecule has 0 aromatic carbocycles. The van der Waals surface area contributed by atoms with Gasteiger partial charge in [0.15, 0.2) is 5.65 Å². The SMILES string of the molecule is Brc1ccc2nc(NCCN3CCCC3)nn2c1. The van der Waals surface area contributed by atoms with Gasteiger partial charge in [-0.25, -0.2) is 4.52 Å². The Bertz CT molecular complexity index is 532. The molecule has 1 aliphatic heterocycles. The molecular formula is C12H16BrN5. The monoisotopic (exact) mass is 309 g/mol. The summed E-state index contributed by atoms with van der Waals surface area (Å²) in [6, 6.07) is 3.92. The molecule has 6 heteroatoms. The Kier molecular flexibility index (Phi) is 3.47. The maximum atomic E-state index is 4.42. The topological polar surface area (TPSA) is 45.5 Å². The third-order valence-corrected chi connectivity index (χ3v) is 3.67. The summed E-state index contributed by atoms with van der Waals surface area (Å²) in [5, 5.41) is 7.66. The largest absolute Gasteiger partial charge is 0.352 e. The molecule has 0 spiro atoms. The van der Waals surface area contributed by atoms with E-state index < -0.39 is 0 Å². The number of rotatable bonds is 4. The van der Waals surface area contributed by atoms with E-state index in [0.29, 0.717) is 5.95 Å². The van der Waals surface area contributed by atoms with Gasteiger partial charge in [0.1, 0.15) is 0 Å². The van der Waals surface area contributed by atoms with Crippen molar-refractivity contribution in [3.05, 3.63) is 22.8 Å². The van der Waals surface area contributed by atoms with Crippen LogP contribution in [0.2, 0.25) is 0 Å². The number of aromatic nitrogens is 3. The summed E-state index contributed by atoms with van der Waals surface area (Å²) in [4.78, 5) is 6.89. The molecule has 1 N–H and O–H groups in total. The van der Waals surface area contributed by atoms with Crippen LogP contribution in [0.15, 0.2) is 22.8 Å². The Morgan fingerprint density at radius 3 is 2.94 bits per heavy atom. The Labute approximate surface area is 114 Å². The van der Waals surface area contributed by atoms with Gasteiger partial charge in [-0.15, -0.1) is 5.10 Å². The minimum absolute atomic E-state index is 0.701. The van der Waals surface area contributed by atoms with E-state index in [1.54, 1.807) is 4.52 Å². The maximum Gasteiger partial charge on any atom is 0.243 e. The van der Waals surface area contributed by atoms with E-state index in [2.05, 4.69) is 36.2 Å². The minimum Gasteiger partial charge on any atom is -0.352 e. The van der Waals surface area contributed by atoms with Gasteiger partial charge in [-0.1, -0.05) is 0 Å². The zero-order valence-electron chi connectivity index (χ0n) is 10.1. The summed E-state index contributed by atoms with van der Waals surface area (Å²) < 4.78 is 2.78. The molecule has 0 atom stereocenters. The van der Waals surface area contributed by atoms with Crippen LogP contribution in [0.1, 0.15) is 12.8 Å². The summed E-state index contributed by atoms with van der Waals surface area (Å²) in [5.74, 6) is 0.701. The van der Waals surface area contributed by atoms with Gasteiger partial charge >= 0.3 is 0 Å². The molecule has 3 rings (SSSR count). The van der Waals surface area contributed by atoms with Crippen LogP contribution in [0, 0.1) is 0 Å². The van der Waals surface area contributed by atoms with E-state index in [4.69, 9.17) is 0 Å². The summed E-state index contributed by atoms with van der Waals surface area (Å²) >= 11 is 3.42. The summed E-state index contributed by atoms with van der Waals surface area (Å²) in [5.41, 5.74) is 0.863. The molecule has 0 unspecified atom stereocenters. The van der Waals surface area contributed by atoms with Crippen molar-refractivity contribution < 1.29 is 0 Å². The number of anilines is 1. The lowest BCUT2D eigenvalue weighted by Crippen LogP contribution is -2.26. The van der Waals surface area contributed by atoms with Gasteiger partial charge < -0.3 is 10.2 Å². The standard InChI is InChI=1S/C12H16BrN5/c13-10-3-4-11-15-12(16-18(11)9-10)14-5-8-17-6-1-2-7-17/h3-4,9H,1-2,5-8H2,(H,14,16). The van der Waals surface area contributed by atoms with E-state index in [1.807, 2.05) is 18.3 Å². The van der Waals surface area contributed by atoms with Crippen molar-refractivity contribution in [3.63, 3.8) is 0 Å². The quantitative estimate of drug-likeness (QED) is 0.938. The first kappa shape index (κ1) is 11.9. The fourth-order valence-electron chi connectivity index (χ4n) is 2.26. The van der Waals surface area contributed by atoms with Gasteiger partial charge in [0.2, 0.25) is 5.95 Å². The van der Waals surface area contributed by atoms with Crippen LogP contribution >= 0.6 is 15.9 Å². The molecule has 0 amide bonds. The normalized spacial score (nSPS) is 16.5. The number of pyridine rings is 1. The molecule has 3 heterocycles. The van der Waals surface area contributed by atoms with Gasteiger partial charge in [0.25, 0.3) is 0 Å². The third kappa shape index (κ3) is 2.64. The van der Waals surface area contributed by atoms with Crippen molar-refractivity contribution in [1.82, 2.24) is 19.5 Å². The number of halogens is 1. The number of likely N-dealkylation sites (tertiary alicyclic amines) is 1. The van der Waals surface area contributed by atoms with Crippen LogP contribution in [0.25, 0.3) is 5.65 Å². The molecule has 2 aromatic heterocycles. The fraction of sp³-hybridized carbons (Fsp3) is 0.500. The van der Waals surface area contributed by atoms with E-state index in [-0.39, 0.29) is 0 Å². The molecule has 1 saturated heterocycles. The van der Waals surface area contributed by atoms with Crippen LogP contribution in [0.3, 0.4) is 0 Å². The molecule has 0 radical (unpaired) electrons. The number of nitrogens with one attached hydrogen (secondary N) is 1. The average Bonchev–Trinajstić information content (AvgIpc) is 2.97. The Hall–Kier alpha value is -1.14. The zero-order chi connectivity index (χ0) is 12.4. The highest BCUT2D eigenvalue weighted by atomic mass is 79.9. The molecule has 0 saturated carbocycles. The number of fused-ring (bicyclic) bond motifs is 1. The predicted octanol–water partition coefficient (Wildman–Crippen LogP) is 2.00. The highest BCUT2D eigenvalue weighted by Gasteiger charge is 2.10. The van der Waals surface area contributed by atoms with Crippen molar-refractivity contribution in [2.24, 2.45) is 0 Å². The molecule has 0 aliphatic carbocycles. The molecular weight excluding hydrogens is 294 g/mol. The van der Waals surface area contributed by atoms with Crippen LogP contribution in [0.4, 0.5) is 5.95 Å². The highest BCUT2D eigenvalue weighted by Crippen LogP contribution is 2.12. The number of hydrogen-bond acceptors (Lipinski definition) is 4. The summed E-state index contributed by atoms with van der Waals surface area (Å²) in [6.07, 6.45) is 4.58. The molecule has 1 fully saturated rings. The Morgan fingerprint density at radius 1 is 1.28 bits per heavy atom. The maximum absolute atomic E-state index is 4.42. The van der Waals surface area contributed by atoms with Crippen LogP contribution in [-0.4, -0.2) is 45.7 Å². The van der Waals surface area contributed by atoms with Crippen molar-refractivity contribution in [1.29, 1.82) is 0 Å². The summed E-state index contributed by atoms with van der Waals surface area (Å²) in [7, 11) is 0. The second kappa shape index (κ2) is 5.24. The lowest BCUT2D eigenvalue weighted by Gasteiger charge is -2.13. The van der Waals surface area contributed by atoms with E-state index in [1.165, 1.54) is 25.9 Å². The molecule has 2 aromatic rings. The summed E-state index contributed by atoms with van der Waals surface area (Å²) in [6.45, 7) is 4.43. The van der Waals surface area contributed by atoms with Gasteiger partial charge in [-0.2, -0.15) is 4.98 Å². The lowest BCUT2D eigenvalue weighted by molar-refractivity contribution is 0.352. The van der Waals surface area contributed by atoms with Crippen molar-refractivity contribution >= 4 is 27.5 Å². The molecule has 96 valence electrons. The first-order valence-corrected chi connectivity index (χ1v) is 7.09.